The topological polar surface area (TPSA) is 43.4 Å². The Morgan fingerprint density at radius 1 is 0.889 bits per heavy atom. The van der Waals surface area contributed by atoms with E-state index in [1.54, 1.807) is 6.92 Å². The van der Waals surface area contributed by atoms with Gasteiger partial charge < -0.3 is 9.53 Å². The minimum atomic E-state index is -0.204. The molecule has 0 atom stereocenters. The van der Waals surface area contributed by atoms with Crippen molar-refractivity contribution < 1.29 is 14.3 Å². The number of ketones is 1. The van der Waals surface area contributed by atoms with Gasteiger partial charge in [-0.25, -0.2) is 0 Å². The summed E-state index contributed by atoms with van der Waals surface area (Å²) in [4.78, 5) is 20.8. The summed E-state index contributed by atoms with van der Waals surface area (Å²) in [5.74, 6) is 0.0925. The standard InChI is InChI=1S/C8H16O.C7H14O2/c1-7(9)5-6-8(2,3)4;1-6(8)9-5-7(2,3)4/h5-6H2,1-4H3;5H2,1-4H3. The second-order valence-corrected chi connectivity index (χ2v) is 7.10. The van der Waals surface area contributed by atoms with Crippen molar-refractivity contribution in [2.75, 3.05) is 6.61 Å². The molecule has 0 radical (unpaired) electrons. The van der Waals surface area contributed by atoms with Crippen molar-refractivity contribution in [1.29, 1.82) is 0 Å². The molecule has 0 amide bonds. The van der Waals surface area contributed by atoms with Gasteiger partial charge in [-0.2, -0.15) is 0 Å². The van der Waals surface area contributed by atoms with Gasteiger partial charge in [-0.05, 0) is 24.2 Å². The molecule has 0 rings (SSSR count). The summed E-state index contributed by atoms with van der Waals surface area (Å²) in [6.07, 6.45) is 1.73. The molecule has 0 aromatic rings. The molecule has 0 aromatic heterocycles. The molecule has 0 heterocycles. The summed E-state index contributed by atoms with van der Waals surface area (Å²) < 4.78 is 4.77. The third-order valence-electron chi connectivity index (χ3n) is 1.94. The zero-order chi connectivity index (χ0) is 15.0. The van der Waals surface area contributed by atoms with Gasteiger partial charge in [0.15, 0.2) is 0 Å². The van der Waals surface area contributed by atoms with Crippen LogP contribution in [0.5, 0.6) is 0 Å². The van der Waals surface area contributed by atoms with E-state index in [0.29, 0.717) is 17.8 Å². The molecule has 18 heavy (non-hydrogen) atoms. The van der Waals surface area contributed by atoms with E-state index in [9.17, 15) is 9.59 Å². The Morgan fingerprint density at radius 2 is 1.33 bits per heavy atom. The van der Waals surface area contributed by atoms with Gasteiger partial charge in [0.2, 0.25) is 0 Å². The van der Waals surface area contributed by atoms with Crippen molar-refractivity contribution in [1.82, 2.24) is 0 Å². The maximum absolute atomic E-state index is 10.5. The van der Waals surface area contributed by atoms with Gasteiger partial charge in [0, 0.05) is 13.3 Å². The highest BCUT2D eigenvalue weighted by atomic mass is 16.5. The Morgan fingerprint density at radius 3 is 1.44 bits per heavy atom. The maximum atomic E-state index is 10.5. The molecule has 3 heteroatoms. The highest BCUT2D eigenvalue weighted by molar-refractivity contribution is 5.75. The Balaban J connectivity index is 0. The first kappa shape index (κ1) is 19.5. The molecule has 0 saturated heterocycles. The molecule has 3 nitrogen and oxygen atoms in total. The molecule has 108 valence electrons. The lowest BCUT2D eigenvalue weighted by Crippen LogP contribution is -2.16. The summed E-state index contributed by atoms with van der Waals surface area (Å²) in [6.45, 7) is 16.1. The van der Waals surface area contributed by atoms with Crippen LogP contribution in [0.1, 0.15) is 68.2 Å². The summed E-state index contributed by atoms with van der Waals surface area (Å²) in [5, 5.41) is 0. The summed E-state index contributed by atoms with van der Waals surface area (Å²) in [7, 11) is 0. The number of rotatable bonds is 3. The smallest absolute Gasteiger partial charge is 0.302 e. The predicted molar refractivity (Wildman–Crippen MR) is 75.5 cm³/mol. The van der Waals surface area contributed by atoms with Gasteiger partial charge in [-0.3, -0.25) is 4.79 Å². The van der Waals surface area contributed by atoms with E-state index in [0.717, 1.165) is 12.8 Å². The van der Waals surface area contributed by atoms with E-state index in [2.05, 4.69) is 20.8 Å². The summed E-state index contributed by atoms with van der Waals surface area (Å²) >= 11 is 0. The highest BCUT2D eigenvalue weighted by Crippen LogP contribution is 2.20. The van der Waals surface area contributed by atoms with Gasteiger partial charge in [0.1, 0.15) is 5.78 Å². The van der Waals surface area contributed by atoms with Crippen molar-refractivity contribution in [2.45, 2.75) is 68.2 Å². The summed E-state index contributed by atoms with van der Waals surface area (Å²) in [5.41, 5.74) is 0.400. The average Bonchev–Trinajstić information content (AvgIpc) is 2.10. The number of esters is 1. The first-order chi connectivity index (χ1) is 7.83. The number of hydrogen-bond donors (Lipinski definition) is 0. The van der Waals surface area contributed by atoms with Gasteiger partial charge in [0.25, 0.3) is 0 Å². The lowest BCUT2D eigenvalue weighted by atomic mass is 9.90. The number of Topliss-reactive ketones (excluding diaryl/α,β-unsaturated/α-hetero) is 1. The minimum absolute atomic E-state index is 0.0890. The first-order valence-corrected chi connectivity index (χ1v) is 6.46. The van der Waals surface area contributed by atoms with Crippen LogP contribution in [0.15, 0.2) is 0 Å². The fourth-order valence-corrected chi connectivity index (χ4v) is 0.869. The van der Waals surface area contributed by atoms with Crippen LogP contribution in [0.3, 0.4) is 0 Å². The lowest BCUT2D eigenvalue weighted by molar-refractivity contribution is -0.143. The molecule has 0 unspecified atom stereocenters. The third-order valence-corrected chi connectivity index (χ3v) is 1.94. The SMILES string of the molecule is CC(=O)CCC(C)(C)C.CC(=O)OCC(C)(C)C. The number of carbonyl (C=O) groups is 2. The Bertz CT molecular complexity index is 226. The predicted octanol–water partition coefficient (Wildman–Crippen LogP) is 4.00. The van der Waals surface area contributed by atoms with Gasteiger partial charge >= 0.3 is 5.97 Å². The Hall–Kier alpha value is -0.860. The second-order valence-electron chi connectivity index (χ2n) is 7.10. The Kier molecular flexibility index (Phi) is 8.96. The molecule has 0 spiro atoms. The maximum Gasteiger partial charge on any atom is 0.302 e. The number of carbonyl (C=O) groups excluding carboxylic acids is 2. The van der Waals surface area contributed by atoms with E-state index < -0.39 is 0 Å². The molecular formula is C15H30O3. The van der Waals surface area contributed by atoms with Gasteiger partial charge in [-0.15, -0.1) is 0 Å². The monoisotopic (exact) mass is 258 g/mol. The van der Waals surface area contributed by atoms with Crippen LogP contribution in [-0.4, -0.2) is 18.4 Å². The van der Waals surface area contributed by atoms with Gasteiger partial charge in [-0.1, -0.05) is 41.5 Å². The van der Waals surface area contributed by atoms with Crippen LogP contribution < -0.4 is 0 Å². The van der Waals surface area contributed by atoms with E-state index in [4.69, 9.17) is 4.74 Å². The fraction of sp³-hybridized carbons (Fsp3) is 0.867. The molecular weight excluding hydrogens is 228 g/mol. The third kappa shape index (κ3) is 24.4. The van der Waals surface area contributed by atoms with E-state index in [-0.39, 0.29) is 11.4 Å². The first-order valence-electron chi connectivity index (χ1n) is 6.46. The zero-order valence-corrected chi connectivity index (χ0v) is 13.3. The second kappa shape index (κ2) is 8.28. The van der Waals surface area contributed by atoms with E-state index >= 15 is 0 Å². The van der Waals surface area contributed by atoms with Crippen molar-refractivity contribution in [3.05, 3.63) is 0 Å². The molecule has 0 aliphatic rings. The van der Waals surface area contributed by atoms with Crippen molar-refractivity contribution >= 4 is 11.8 Å². The van der Waals surface area contributed by atoms with Crippen LogP contribution in [0.2, 0.25) is 0 Å². The molecule has 0 aromatic carbocycles. The molecule has 0 aliphatic carbocycles. The molecule has 0 aliphatic heterocycles. The highest BCUT2D eigenvalue weighted by Gasteiger charge is 2.11. The molecule has 0 fully saturated rings. The quantitative estimate of drug-likeness (QED) is 0.719. The Labute approximate surface area is 112 Å². The molecule has 0 N–H and O–H groups in total. The van der Waals surface area contributed by atoms with Gasteiger partial charge in [0.05, 0.1) is 6.61 Å². The number of hydrogen-bond acceptors (Lipinski definition) is 3. The van der Waals surface area contributed by atoms with Crippen LogP contribution >= 0.6 is 0 Å². The molecule has 0 bridgehead atoms. The van der Waals surface area contributed by atoms with Crippen LogP contribution in [-0.2, 0) is 14.3 Å². The summed E-state index contributed by atoms with van der Waals surface area (Å²) in [6, 6.07) is 0. The van der Waals surface area contributed by atoms with E-state index in [1.807, 2.05) is 20.8 Å². The minimum Gasteiger partial charge on any atom is -0.465 e. The van der Waals surface area contributed by atoms with Crippen LogP contribution in [0.25, 0.3) is 0 Å². The zero-order valence-electron chi connectivity index (χ0n) is 13.3. The lowest BCUT2D eigenvalue weighted by Gasteiger charge is -2.16. The van der Waals surface area contributed by atoms with E-state index in [1.165, 1.54) is 6.92 Å². The van der Waals surface area contributed by atoms with Crippen LogP contribution in [0.4, 0.5) is 0 Å². The molecule has 0 saturated carbocycles. The van der Waals surface area contributed by atoms with Crippen molar-refractivity contribution in [3.63, 3.8) is 0 Å². The van der Waals surface area contributed by atoms with Crippen molar-refractivity contribution in [3.8, 4) is 0 Å². The fourth-order valence-electron chi connectivity index (χ4n) is 0.869. The largest absolute Gasteiger partial charge is 0.465 e. The number of ether oxygens (including phenoxy) is 1. The van der Waals surface area contributed by atoms with Crippen LogP contribution in [0, 0.1) is 10.8 Å². The normalized spacial score (nSPS) is 11.3. The van der Waals surface area contributed by atoms with Crippen molar-refractivity contribution in [2.24, 2.45) is 10.8 Å². The average molecular weight is 258 g/mol.